The second-order valence-corrected chi connectivity index (χ2v) is 8.06. The van der Waals surface area contributed by atoms with E-state index in [2.05, 4.69) is 0 Å². The number of nitrogens with zero attached hydrogens (tertiary/aromatic N) is 1. The first-order chi connectivity index (χ1) is 15.7. The number of ketones is 1. The maximum atomic E-state index is 13.6. The maximum Gasteiger partial charge on any atom is 0.340 e. The number of aromatic nitrogens is 1. The normalized spacial score (nSPS) is 13.9. The van der Waals surface area contributed by atoms with Gasteiger partial charge in [0.15, 0.2) is 6.10 Å². The highest BCUT2D eigenvalue weighted by molar-refractivity contribution is 6.07. The van der Waals surface area contributed by atoms with Crippen molar-refractivity contribution in [3.8, 4) is 0 Å². The molecule has 0 aliphatic heterocycles. The van der Waals surface area contributed by atoms with Crippen molar-refractivity contribution < 1.29 is 14.3 Å². The lowest BCUT2D eigenvalue weighted by Crippen LogP contribution is -2.22. The van der Waals surface area contributed by atoms with Gasteiger partial charge >= 0.3 is 5.97 Å². The predicted molar refractivity (Wildman–Crippen MR) is 124 cm³/mol. The predicted octanol–water partition coefficient (Wildman–Crippen LogP) is 5.89. The topological polar surface area (TPSA) is 56.3 Å². The molecule has 1 heterocycles. The zero-order valence-corrected chi connectivity index (χ0v) is 17.7. The van der Waals surface area contributed by atoms with Gasteiger partial charge < -0.3 is 4.74 Å². The van der Waals surface area contributed by atoms with Crippen molar-refractivity contribution in [3.05, 3.63) is 113 Å². The Morgan fingerprint density at radius 2 is 1.44 bits per heavy atom. The molecule has 1 atom stereocenters. The molecule has 0 amide bonds. The molecule has 0 bridgehead atoms. The Morgan fingerprint density at radius 3 is 2.22 bits per heavy atom. The van der Waals surface area contributed by atoms with E-state index in [1.807, 2.05) is 72.8 Å². The Labute approximate surface area is 186 Å². The number of ether oxygens (including phenoxy) is 1. The summed E-state index contributed by atoms with van der Waals surface area (Å²) in [6.07, 6.45) is 2.70. The number of rotatable bonds is 5. The number of Topliss-reactive ketones (excluding diaryl/α,β-unsaturated/α-hetero) is 1. The molecule has 0 N–H and O–H groups in total. The Kier molecular flexibility index (Phi) is 5.51. The summed E-state index contributed by atoms with van der Waals surface area (Å²) in [5.41, 5.74) is 4.42. The number of benzene rings is 3. The molecule has 0 saturated heterocycles. The quantitative estimate of drug-likeness (QED) is 0.298. The second kappa shape index (κ2) is 8.75. The van der Waals surface area contributed by atoms with E-state index in [1.54, 1.807) is 12.1 Å². The summed E-state index contributed by atoms with van der Waals surface area (Å²) in [6.45, 7) is 0. The van der Waals surface area contributed by atoms with E-state index in [0.29, 0.717) is 16.7 Å². The number of fused-ring (bicyclic) bond motifs is 2. The van der Waals surface area contributed by atoms with Crippen LogP contribution in [0.5, 0.6) is 0 Å². The molecule has 1 aliphatic rings. The summed E-state index contributed by atoms with van der Waals surface area (Å²) >= 11 is 0. The van der Waals surface area contributed by atoms with Crippen LogP contribution in [0.15, 0.2) is 84.9 Å². The van der Waals surface area contributed by atoms with Gasteiger partial charge in [-0.05, 0) is 37.3 Å². The molecule has 5 rings (SSSR count). The average Bonchev–Trinajstić information content (AvgIpc) is 2.86. The Bertz CT molecular complexity index is 1280. The summed E-state index contributed by atoms with van der Waals surface area (Å²) in [5.74, 6) is -0.711. The molecule has 3 aromatic carbocycles. The second-order valence-electron chi connectivity index (χ2n) is 8.06. The third kappa shape index (κ3) is 3.80. The Hall–Kier alpha value is -3.79. The number of pyridine rings is 1. The first kappa shape index (κ1) is 20.1. The number of hydrogen-bond donors (Lipinski definition) is 0. The summed E-state index contributed by atoms with van der Waals surface area (Å²) in [7, 11) is 0. The monoisotopic (exact) mass is 421 g/mol. The number of para-hydroxylation sites is 1. The van der Waals surface area contributed by atoms with Crippen molar-refractivity contribution in [2.75, 3.05) is 0 Å². The largest absolute Gasteiger partial charge is 0.445 e. The van der Waals surface area contributed by atoms with Crippen molar-refractivity contribution in [3.63, 3.8) is 0 Å². The van der Waals surface area contributed by atoms with Crippen molar-refractivity contribution in [1.29, 1.82) is 0 Å². The molecule has 0 saturated carbocycles. The molecule has 0 spiro atoms. The Balaban J connectivity index is 1.59. The van der Waals surface area contributed by atoms with Gasteiger partial charge in [0.2, 0.25) is 5.78 Å². The highest BCUT2D eigenvalue weighted by atomic mass is 16.5. The molecule has 0 fully saturated rings. The van der Waals surface area contributed by atoms with E-state index in [4.69, 9.17) is 9.72 Å². The van der Waals surface area contributed by atoms with Gasteiger partial charge in [-0.15, -0.1) is 0 Å². The minimum absolute atomic E-state index is 0.239. The van der Waals surface area contributed by atoms with Crippen molar-refractivity contribution in [1.82, 2.24) is 4.98 Å². The number of esters is 1. The lowest BCUT2D eigenvalue weighted by atomic mass is 9.89. The first-order valence-electron chi connectivity index (χ1n) is 11.0. The van der Waals surface area contributed by atoms with Crippen LogP contribution >= 0.6 is 0 Å². The minimum atomic E-state index is -1.02. The van der Waals surface area contributed by atoms with Crippen molar-refractivity contribution >= 4 is 22.7 Å². The van der Waals surface area contributed by atoms with E-state index in [0.717, 1.165) is 47.8 Å². The van der Waals surface area contributed by atoms with Gasteiger partial charge in [-0.25, -0.2) is 4.79 Å². The molecule has 1 aliphatic carbocycles. The lowest BCUT2D eigenvalue weighted by molar-refractivity contribution is 0.0280. The van der Waals surface area contributed by atoms with Gasteiger partial charge in [-0.2, -0.15) is 0 Å². The molecular weight excluding hydrogens is 398 g/mol. The molecule has 0 radical (unpaired) electrons. The van der Waals surface area contributed by atoms with Crippen molar-refractivity contribution in [2.24, 2.45) is 0 Å². The first-order valence-corrected chi connectivity index (χ1v) is 11.0. The van der Waals surface area contributed by atoms with Crippen LogP contribution in [-0.2, 0) is 17.6 Å². The zero-order chi connectivity index (χ0) is 21.9. The molecule has 4 heteroatoms. The highest BCUT2D eigenvalue weighted by Gasteiger charge is 2.30. The van der Waals surface area contributed by atoms with E-state index >= 15 is 0 Å². The molecule has 4 aromatic rings. The summed E-state index contributed by atoms with van der Waals surface area (Å²) < 4.78 is 6.00. The molecule has 1 aromatic heterocycles. The molecular formula is C28H23NO3. The summed E-state index contributed by atoms with van der Waals surface area (Å²) in [4.78, 5) is 31.8. The number of hydrogen-bond acceptors (Lipinski definition) is 4. The van der Waals surface area contributed by atoms with Crippen LogP contribution in [0.4, 0.5) is 0 Å². The third-order valence-corrected chi connectivity index (χ3v) is 6.00. The third-order valence-electron chi connectivity index (χ3n) is 6.00. The molecule has 158 valence electrons. The lowest BCUT2D eigenvalue weighted by Gasteiger charge is -2.22. The minimum Gasteiger partial charge on any atom is -0.445 e. The van der Waals surface area contributed by atoms with Crippen LogP contribution in [0.1, 0.15) is 56.5 Å². The molecule has 0 unspecified atom stereocenters. The standard InChI is InChI=1S/C28H23NO3/c30-26(19-11-3-1-4-12-19)27(20-13-5-2-6-14-20)32-28(31)25-21-15-7-9-17-23(21)29-24-18-10-8-16-22(24)25/h1-7,9,11-15,17,27H,8,10,16,18H2/t27-/m0/s1. The molecule has 32 heavy (non-hydrogen) atoms. The van der Waals surface area contributed by atoms with Gasteiger partial charge in [-0.3, -0.25) is 9.78 Å². The maximum absolute atomic E-state index is 13.6. The van der Waals surface area contributed by atoms with Gasteiger partial charge in [0.1, 0.15) is 0 Å². The smallest absolute Gasteiger partial charge is 0.340 e. The number of carbonyl (C=O) groups excluding carboxylic acids is 2. The van der Waals surface area contributed by atoms with Crippen LogP contribution in [0.25, 0.3) is 10.9 Å². The van der Waals surface area contributed by atoms with E-state index in [-0.39, 0.29) is 5.78 Å². The Morgan fingerprint density at radius 1 is 0.781 bits per heavy atom. The summed E-state index contributed by atoms with van der Waals surface area (Å²) in [6, 6.07) is 25.8. The fraction of sp³-hybridized carbons (Fsp3) is 0.179. The van der Waals surface area contributed by atoms with Gasteiger partial charge in [0, 0.05) is 22.2 Å². The van der Waals surface area contributed by atoms with Gasteiger partial charge in [0.25, 0.3) is 0 Å². The van der Waals surface area contributed by atoms with Gasteiger partial charge in [-0.1, -0.05) is 78.9 Å². The fourth-order valence-corrected chi connectivity index (χ4v) is 4.43. The average molecular weight is 421 g/mol. The van der Waals surface area contributed by atoms with Crippen LogP contribution in [0.3, 0.4) is 0 Å². The number of carbonyl (C=O) groups is 2. The summed E-state index contributed by atoms with van der Waals surface area (Å²) in [5, 5.41) is 0.775. The SMILES string of the molecule is O=C(O[C@H](C(=O)c1ccccc1)c1ccccc1)c1c2c(nc3ccccc13)CCCC2. The van der Waals surface area contributed by atoms with Crippen LogP contribution < -0.4 is 0 Å². The van der Waals surface area contributed by atoms with Crippen molar-refractivity contribution in [2.45, 2.75) is 31.8 Å². The van der Waals surface area contributed by atoms with E-state index in [1.165, 1.54) is 0 Å². The number of aryl methyl sites for hydroxylation is 1. The van der Waals surface area contributed by atoms with Crippen LogP contribution in [-0.4, -0.2) is 16.7 Å². The van der Waals surface area contributed by atoms with Crippen LogP contribution in [0, 0.1) is 0 Å². The van der Waals surface area contributed by atoms with Crippen LogP contribution in [0.2, 0.25) is 0 Å². The molecule has 4 nitrogen and oxygen atoms in total. The fourth-order valence-electron chi connectivity index (χ4n) is 4.43. The van der Waals surface area contributed by atoms with E-state index in [9.17, 15) is 9.59 Å². The highest BCUT2D eigenvalue weighted by Crippen LogP contribution is 2.32. The van der Waals surface area contributed by atoms with E-state index < -0.39 is 12.1 Å². The van der Waals surface area contributed by atoms with Gasteiger partial charge in [0.05, 0.1) is 11.1 Å². The zero-order valence-electron chi connectivity index (χ0n) is 17.7.